The van der Waals surface area contributed by atoms with E-state index < -0.39 is 0 Å². The number of halogens is 1. The molecule has 9 heteroatoms. The Hall–Kier alpha value is -3.39. The van der Waals surface area contributed by atoms with E-state index >= 15 is 0 Å². The second kappa shape index (κ2) is 7.56. The van der Waals surface area contributed by atoms with E-state index in [0.29, 0.717) is 39.1 Å². The Morgan fingerprint density at radius 3 is 2.69 bits per heavy atom. The molecule has 0 saturated heterocycles. The van der Waals surface area contributed by atoms with Crippen molar-refractivity contribution >= 4 is 28.3 Å². The normalized spacial score (nSPS) is 11.0. The van der Waals surface area contributed by atoms with Crippen molar-refractivity contribution in [3.05, 3.63) is 53.3 Å². The fraction of sp³-hybridized carbons (Fsp3) is 0.200. The molecule has 0 saturated carbocycles. The molecular formula is C20H19ClN6O2. The molecule has 4 aromatic rings. The predicted molar refractivity (Wildman–Crippen MR) is 111 cm³/mol. The number of aryl methyl sites for hydroxylation is 2. The molecule has 0 spiro atoms. The lowest BCUT2D eigenvalue weighted by Crippen LogP contribution is -2.03. The van der Waals surface area contributed by atoms with Crippen LogP contribution in [0.15, 0.2) is 36.7 Å². The molecule has 0 aliphatic rings. The van der Waals surface area contributed by atoms with E-state index in [4.69, 9.17) is 26.8 Å². The molecule has 148 valence electrons. The van der Waals surface area contributed by atoms with Gasteiger partial charge in [-0.1, -0.05) is 23.7 Å². The van der Waals surface area contributed by atoms with Gasteiger partial charge < -0.3 is 15.2 Å². The summed E-state index contributed by atoms with van der Waals surface area (Å²) < 4.78 is 13.3. The Balaban J connectivity index is 1.87. The molecule has 0 unspecified atom stereocenters. The molecule has 0 aliphatic carbocycles. The molecule has 2 heterocycles. The maximum absolute atomic E-state index is 6.20. The average molecular weight is 411 g/mol. The monoisotopic (exact) mass is 410 g/mol. The predicted octanol–water partition coefficient (Wildman–Crippen LogP) is 3.56. The average Bonchev–Trinajstić information content (AvgIpc) is 3.03. The molecule has 0 bridgehead atoms. The molecule has 2 aromatic carbocycles. The van der Waals surface area contributed by atoms with E-state index in [0.717, 1.165) is 17.0 Å². The van der Waals surface area contributed by atoms with Gasteiger partial charge in [0.25, 0.3) is 0 Å². The first-order valence-electron chi connectivity index (χ1n) is 8.84. The second-order valence-corrected chi connectivity index (χ2v) is 6.87. The molecule has 0 atom stereocenters. The largest absolute Gasteiger partial charge is 0.496 e. The summed E-state index contributed by atoms with van der Waals surface area (Å²) in [4.78, 5) is 13.0. The van der Waals surface area contributed by atoms with Crippen LogP contribution in [-0.2, 0) is 13.7 Å². The third-order valence-electron chi connectivity index (χ3n) is 4.58. The van der Waals surface area contributed by atoms with E-state index in [-0.39, 0.29) is 6.61 Å². The number of hydrogen-bond acceptors (Lipinski definition) is 7. The summed E-state index contributed by atoms with van der Waals surface area (Å²) in [5.41, 5.74) is 8.41. The van der Waals surface area contributed by atoms with Gasteiger partial charge in [-0.15, -0.1) is 0 Å². The number of benzene rings is 2. The minimum Gasteiger partial charge on any atom is -0.496 e. The van der Waals surface area contributed by atoms with Crippen molar-refractivity contribution < 1.29 is 9.47 Å². The molecule has 8 nitrogen and oxygen atoms in total. The van der Waals surface area contributed by atoms with Crippen molar-refractivity contribution in [2.24, 2.45) is 7.05 Å². The van der Waals surface area contributed by atoms with Gasteiger partial charge in [-0.25, -0.2) is 15.0 Å². The highest BCUT2D eigenvalue weighted by Gasteiger charge is 2.20. The Morgan fingerprint density at radius 2 is 2.00 bits per heavy atom. The molecule has 2 aromatic heterocycles. The van der Waals surface area contributed by atoms with Crippen molar-refractivity contribution in [2.45, 2.75) is 13.5 Å². The number of ether oxygens (including phenoxy) is 2. The summed E-state index contributed by atoms with van der Waals surface area (Å²) in [6.45, 7) is 2.05. The number of nitrogens with zero attached hydrogens (tertiary/aromatic N) is 5. The molecule has 4 rings (SSSR count). The summed E-state index contributed by atoms with van der Waals surface area (Å²) in [5.74, 6) is 2.74. The van der Waals surface area contributed by atoms with Crippen molar-refractivity contribution in [3.63, 3.8) is 0 Å². The highest BCUT2D eigenvalue weighted by Crippen LogP contribution is 2.43. The van der Waals surface area contributed by atoms with Gasteiger partial charge >= 0.3 is 0 Å². The minimum absolute atomic E-state index is 0.171. The van der Waals surface area contributed by atoms with Gasteiger partial charge in [0.05, 0.1) is 23.6 Å². The van der Waals surface area contributed by atoms with Gasteiger partial charge in [0.15, 0.2) is 5.82 Å². The first-order chi connectivity index (χ1) is 14.0. The number of nitrogen functional groups attached to an aromatic ring is 1. The smallest absolute Gasteiger partial charge is 0.188 e. The number of rotatable bonds is 5. The lowest BCUT2D eigenvalue weighted by atomic mass is 10.00. The third-order valence-corrected chi connectivity index (χ3v) is 4.82. The Bertz CT molecular complexity index is 1190. The zero-order valence-corrected chi connectivity index (χ0v) is 16.9. The lowest BCUT2D eigenvalue weighted by Gasteiger charge is -2.16. The summed E-state index contributed by atoms with van der Waals surface area (Å²) in [7, 11) is 3.42. The quantitative estimate of drug-likeness (QED) is 0.536. The van der Waals surface area contributed by atoms with Crippen LogP contribution in [0.3, 0.4) is 0 Å². The van der Waals surface area contributed by atoms with Gasteiger partial charge in [0.2, 0.25) is 0 Å². The summed E-state index contributed by atoms with van der Waals surface area (Å²) in [5, 5.41) is 5.52. The number of nitrogens with two attached hydrogens (primary N) is 1. The van der Waals surface area contributed by atoms with Crippen LogP contribution >= 0.6 is 11.6 Å². The third kappa shape index (κ3) is 3.54. The number of fused-ring (bicyclic) bond motifs is 1. The topological polar surface area (TPSA) is 101 Å². The zero-order chi connectivity index (χ0) is 20.5. The maximum Gasteiger partial charge on any atom is 0.188 e. The van der Waals surface area contributed by atoms with Crippen LogP contribution in [0.4, 0.5) is 5.82 Å². The lowest BCUT2D eigenvalue weighted by molar-refractivity contribution is 0.297. The van der Waals surface area contributed by atoms with Gasteiger partial charge in [-0.05, 0) is 24.6 Å². The van der Waals surface area contributed by atoms with Crippen LogP contribution < -0.4 is 15.2 Å². The van der Waals surface area contributed by atoms with E-state index in [1.54, 1.807) is 17.9 Å². The molecule has 2 N–H and O–H groups in total. The summed E-state index contributed by atoms with van der Waals surface area (Å²) in [6, 6.07) is 9.23. The van der Waals surface area contributed by atoms with Gasteiger partial charge in [-0.2, -0.15) is 5.10 Å². The van der Waals surface area contributed by atoms with Gasteiger partial charge in [0.1, 0.15) is 36.1 Å². The van der Waals surface area contributed by atoms with E-state index in [2.05, 4.69) is 20.1 Å². The molecule has 0 fully saturated rings. The highest BCUT2D eigenvalue weighted by atomic mass is 35.5. The van der Waals surface area contributed by atoms with Crippen LogP contribution in [0.2, 0.25) is 5.02 Å². The summed E-state index contributed by atoms with van der Waals surface area (Å²) in [6.07, 6.45) is 1.42. The Labute approximate surface area is 172 Å². The van der Waals surface area contributed by atoms with Crippen molar-refractivity contribution in [1.29, 1.82) is 0 Å². The second-order valence-electron chi connectivity index (χ2n) is 6.43. The van der Waals surface area contributed by atoms with Crippen molar-refractivity contribution in [1.82, 2.24) is 24.7 Å². The maximum atomic E-state index is 6.20. The van der Waals surface area contributed by atoms with E-state index in [1.807, 2.05) is 38.2 Å². The molecular weight excluding hydrogens is 392 g/mol. The molecule has 0 aliphatic heterocycles. The molecule has 0 radical (unpaired) electrons. The summed E-state index contributed by atoms with van der Waals surface area (Å²) >= 11 is 6.20. The fourth-order valence-corrected chi connectivity index (χ4v) is 3.33. The van der Waals surface area contributed by atoms with Crippen LogP contribution in [0.1, 0.15) is 11.6 Å². The first kappa shape index (κ1) is 18.9. The number of anilines is 1. The highest BCUT2D eigenvalue weighted by molar-refractivity contribution is 6.31. The van der Waals surface area contributed by atoms with E-state index in [9.17, 15) is 0 Å². The van der Waals surface area contributed by atoms with Crippen LogP contribution in [0.25, 0.3) is 22.0 Å². The Kier molecular flexibility index (Phi) is 4.94. The molecule has 0 amide bonds. The first-order valence-corrected chi connectivity index (χ1v) is 9.22. The van der Waals surface area contributed by atoms with Crippen LogP contribution in [-0.4, -0.2) is 31.8 Å². The number of aromatic nitrogens is 5. The van der Waals surface area contributed by atoms with E-state index in [1.165, 1.54) is 6.33 Å². The minimum atomic E-state index is 0.171. The number of hydrogen-bond donors (Lipinski definition) is 1. The zero-order valence-electron chi connectivity index (χ0n) is 16.2. The van der Waals surface area contributed by atoms with Gasteiger partial charge in [-0.3, -0.25) is 4.68 Å². The Morgan fingerprint density at radius 1 is 1.17 bits per heavy atom. The molecule has 29 heavy (non-hydrogen) atoms. The van der Waals surface area contributed by atoms with Gasteiger partial charge in [0, 0.05) is 18.1 Å². The van der Waals surface area contributed by atoms with Crippen LogP contribution in [0, 0.1) is 6.92 Å². The van der Waals surface area contributed by atoms with Crippen molar-refractivity contribution in [3.8, 4) is 22.6 Å². The van der Waals surface area contributed by atoms with Crippen molar-refractivity contribution in [2.75, 3.05) is 12.8 Å². The van der Waals surface area contributed by atoms with Crippen LogP contribution in [0.5, 0.6) is 11.5 Å². The SMILES string of the molecule is COc1cc(OCc2nc(C)n(C)n2)c2c(N)ncnc2c1-c1cccc(Cl)c1. The standard InChI is InChI=1S/C20H19ClN6O2/c1-11-25-16(26-27(11)2)9-29-15-8-14(28-3)17(12-5-4-6-13(21)7-12)19-18(15)20(22)24-10-23-19/h4-8,10H,9H2,1-3H3,(H2,22,23,24). The number of methoxy groups -OCH3 is 1. The fourth-order valence-electron chi connectivity index (χ4n) is 3.14.